The average molecular weight is 402 g/mol. The lowest BCUT2D eigenvalue weighted by molar-refractivity contribution is 0.587. The third kappa shape index (κ3) is 2.33. The average Bonchev–Trinajstić information content (AvgIpc) is 3.29. The van der Waals surface area contributed by atoms with E-state index in [0.29, 0.717) is 11.8 Å². The Kier molecular flexibility index (Phi) is 3.70. The van der Waals surface area contributed by atoms with Crippen molar-refractivity contribution >= 4 is 38.8 Å². The van der Waals surface area contributed by atoms with Gasteiger partial charge in [0.1, 0.15) is 0 Å². The second-order valence-corrected chi connectivity index (χ2v) is 8.73. The summed E-state index contributed by atoms with van der Waals surface area (Å²) in [6.07, 6.45) is 4.54. The van der Waals surface area contributed by atoms with Crippen molar-refractivity contribution in [3.05, 3.63) is 83.6 Å². The van der Waals surface area contributed by atoms with Crippen LogP contribution in [-0.2, 0) is 7.05 Å². The maximum Gasteiger partial charge on any atom is 0.0998 e. The molecule has 0 bridgehead atoms. The van der Waals surface area contributed by atoms with Crippen LogP contribution in [0.5, 0.6) is 0 Å². The molecule has 0 fully saturated rings. The molecule has 3 aromatic carbocycles. The summed E-state index contributed by atoms with van der Waals surface area (Å²) in [4.78, 5) is 0. The Hall–Kier alpha value is -3.77. The summed E-state index contributed by atoms with van der Waals surface area (Å²) in [6, 6.07) is 23.8. The van der Waals surface area contributed by atoms with Crippen LogP contribution >= 0.6 is 0 Å². The SMILES string of the molecule is CC1C=Cc2c(c3c(C#N)cccc3n2-c2ccc3c4ccccc4n(C)c3c2)C1C. The van der Waals surface area contributed by atoms with Crippen LogP contribution < -0.4 is 0 Å². The monoisotopic (exact) mass is 401 g/mol. The summed E-state index contributed by atoms with van der Waals surface area (Å²) in [6.45, 7) is 4.53. The molecule has 1 aliphatic rings. The first-order chi connectivity index (χ1) is 15.1. The van der Waals surface area contributed by atoms with Crippen LogP contribution in [0, 0.1) is 17.2 Å². The van der Waals surface area contributed by atoms with Crippen molar-refractivity contribution in [2.75, 3.05) is 0 Å². The number of fused-ring (bicyclic) bond motifs is 6. The van der Waals surface area contributed by atoms with Gasteiger partial charge in [-0.1, -0.05) is 50.3 Å². The first-order valence-electron chi connectivity index (χ1n) is 10.8. The van der Waals surface area contributed by atoms with Gasteiger partial charge in [0.15, 0.2) is 0 Å². The second kappa shape index (κ2) is 6.36. The molecule has 3 nitrogen and oxygen atoms in total. The summed E-state index contributed by atoms with van der Waals surface area (Å²) in [5, 5.41) is 13.5. The second-order valence-electron chi connectivity index (χ2n) is 8.73. The van der Waals surface area contributed by atoms with Gasteiger partial charge in [-0.15, -0.1) is 0 Å². The van der Waals surface area contributed by atoms with E-state index >= 15 is 0 Å². The quantitative estimate of drug-likeness (QED) is 0.300. The highest BCUT2D eigenvalue weighted by atomic mass is 15.0. The van der Waals surface area contributed by atoms with E-state index in [1.165, 1.54) is 33.1 Å². The maximum atomic E-state index is 9.85. The Morgan fingerprint density at radius 3 is 2.48 bits per heavy atom. The van der Waals surface area contributed by atoms with Gasteiger partial charge in [0.05, 0.1) is 28.4 Å². The summed E-state index contributed by atoms with van der Waals surface area (Å²) in [5.41, 5.74) is 7.93. The van der Waals surface area contributed by atoms with Crippen molar-refractivity contribution in [1.29, 1.82) is 5.26 Å². The Balaban J connectivity index is 1.73. The molecule has 150 valence electrons. The molecule has 0 aliphatic heterocycles. The highest BCUT2D eigenvalue weighted by Gasteiger charge is 2.28. The molecule has 0 saturated heterocycles. The Morgan fingerprint density at radius 2 is 1.65 bits per heavy atom. The molecule has 0 saturated carbocycles. The van der Waals surface area contributed by atoms with E-state index in [1.807, 2.05) is 12.1 Å². The summed E-state index contributed by atoms with van der Waals surface area (Å²) < 4.78 is 4.61. The van der Waals surface area contributed by atoms with E-state index in [1.54, 1.807) is 0 Å². The van der Waals surface area contributed by atoms with Gasteiger partial charge in [0.2, 0.25) is 0 Å². The third-order valence-electron chi connectivity index (χ3n) is 7.15. The van der Waals surface area contributed by atoms with Crippen molar-refractivity contribution in [3.8, 4) is 11.8 Å². The molecular formula is C28H23N3. The molecule has 3 heteroatoms. The Morgan fingerprint density at radius 1 is 0.871 bits per heavy atom. The number of para-hydroxylation sites is 1. The van der Waals surface area contributed by atoms with Crippen molar-refractivity contribution in [3.63, 3.8) is 0 Å². The van der Waals surface area contributed by atoms with Gasteiger partial charge in [-0.05, 0) is 53.8 Å². The number of rotatable bonds is 1. The van der Waals surface area contributed by atoms with Gasteiger partial charge in [0, 0.05) is 34.4 Å². The zero-order valence-electron chi connectivity index (χ0n) is 17.9. The minimum absolute atomic E-state index is 0.361. The Bertz CT molecular complexity index is 1590. The molecule has 2 unspecified atom stereocenters. The highest BCUT2D eigenvalue weighted by Crippen LogP contribution is 2.43. The maximum absolute atomic E-state index is 9.85. The van der Waals surface area contributed by atoms with E-state index in [-0.39, 0.29) is 0 Å². The molecule has 0 N–H and O–H groups in total. The van der Waals surface area contributed by atoms with Gasteiger partial charge >= 0.3 is 0 Å². The van der Waals surface area contributed by atoms with E-state index in [0.717, 1.165) is 22.2 Å². The number of benzene rings is 3. The number of allylic oxidation sites excluding steroid dienone is 1. The van der Waals surface area contributed by atoms with Crippen molar-refractivity contribution < 1.29 is 0 Å². The molecular weight excluding hydrogens is 378 g/mol. The first-order valence-corrected chi connectivity index (χ1v) is 10.8. The molecule has 0 radical (unpaired) electrons. The van der Waals surface area contributed by atoms with Gasteiger partial charge in [0.25, 0.3) is 0 Å². The molecule has 5 aromatic rings. The molecule has 0 amide bonds. The van der Waals surface area contributed by atoms with Crippen molar-refractivity contribution in [2.24, 2.45) is 13.0 Å². The number of nitriles is 1. The lowest BCUT2D eigenvalue weighted by Gasteiger charge is -2.23. The minimum Gasteiger partial charge on any atom is -0.344 e. The van der Waals surface area contributed by atoms with Crippen molar-refractivity contribution in [2.45, 2.75) is 19.8 Å². The lowest BCUT2D eigenvalue weighted by atomic mass is 9.82. The van der Waals surface area contributed by atoms with Crippen molar-refractivity contribution in [1.82, 2.24) is 9.13 Å². The summed E-state index contributed by atoms with van der Waals surface area (Å²) >= 11 is 0. The van der Waals surface area contributed by atoms with E-state index in [9.17, 15) is 5.26 Å². The number of hydrogen-bond donors (Lipinski definition) is 0. The largest absolute Gasteiger partial charge is 0.344 e. The standard InChI is InChI=1S/C28H23N3/c1-17-11-14-25-27(18(17)2)28-19(16-29)7-6-10-24(28)31(25)20-12-13-22-21-8-4-5-9-23(21)30(3)26(22)15-20/h4-15,17-18H,1-3H3. The van der Waals surface area contributed by atoms with Crippen LogP contribution in [0.3, 0.4) is 0 Å². The van der Waals surface area contributed by atoms with Gasteiger partial charge in [-0.3, -0.25) is 0 Å². The summed E-state index contributed by atoms with van der Waals surface area (Å²) in [7, 11) is 2.13. The normalized spacial score (nSPS) is 18.0. The fraction of sp³-hybridized carbons (Fsp3) is 0.179. The first kappa shape index (κ1) is 18.0. The molecule has 1 aliphatic carbocycles. The third-order valence-corrected chi connectivity index (χ3v) is 7.15. The zero-order valence-corrected chi connectivity index (χ0v) is 17.9. The number of hydrogen-bond acceptors (Lipinski definition) is 1. The number of aryl methyl sites for hydroxylation is 1. The van der Waals surface area contributed by atoms with Crippen LogP contribution in [0.15, 0.2) is 66.7 Å². The van der Waals surface area contributed by atoms with Crippen LogP contribution in [0.25, 0.3) is 44.5 Å². The van der Waals surface area contributed by atoms with Crippen LogP contribution in [0.4, 0.5) is 0 Å². The van der Waals surface area contributed by atoms with Crippen LogP contribution in [0.2, 0.25) is 0 Å². The molecule has 2 aromatic heterocycles. The summed E-state index contributed by atoms with van der Waals surface area (Å²) in [5.74, 6) is 0.804. The van der Waals surface area contributed by atoms with E-state index in [2.05, 4.69) is 96.8 Å². The van der Waals surface area contributed by atoms with E-state index in [4.69, 9.17) is 0 Å². The zero-order chi connectivity index (χ0) is 21.3. The molecule has 2 atom stereocenters. The molecule has 6 rings (SSSR count). The van der Waals surface area contributed by atoms with Crippen LogP contribution in [-0.4, -0.2) is 9.13 Å². The smallest absolute Gasteiger partial charge is 0.0998 e. The van der Waals surface area contributed by atoms with Crippen LogP contribution in [0.1, 0.15) is 36.6 Å². The predicted molar refractivity (Wildman–Crippen MR) is 129 cm³/mol. The van der Waals surface area contributed by atoms with Gasteiger partial charge < -0.3 is 9.13 Å². The predicted octanol–water partition coefficient (Wildman–Crippen LogP) is 6.91. The topological polar surface area (TPSA) is 33.6 Å². The van der Waals surface area contributed by atoms with Gasteiger partial charge in [-0.25, -0.2) is 0 Å². The fourth-order valence-electron chi connectivity index (χ4n) is 5.34. The number of aromatic nitrogens is 2. The molecule has 2 heterocycles. The fourth-order valence-corrected chi connectivity index (χ4v) is 5.34. The Labute approximate surface area is 181 Å². The minimum atomic E-state index is 0.361. The molecule has 31 heavy (non-hydrogen) atoms. The molecule has 0 spiro atoms. The van der Waals surface area contributed by atoms with E-state index < -0.39 is 0 Å². The van der Waals surface area contributed by atoms with Gasteiger partial charge in [-0.2, -0.15) is 5.26 Å². The lowest BCUT2D eigenvalue weighted by Crippen LogP contribution is -2.10. The highest BCUT2D eigenvalue weighted by molar-refractivity contribution is 6.08. The number of nitrogens with zero attached hydrogens (tertiary/aromatic N) is 3.